The van der Waals surface area contributed by atoms with Crippen LogP contribution in [0.15, 0.2) is 18.2 Å². The number of hydrogen-bond acceptors (Lipinski definition) is 7. The van der Waals surface area contributed by atoms with Crippen LogP contribution in [0.2, 0.25) is 0 Å². The third kappa shape index (κ3) is 5.85. The summed E-state index contributed by atoms with van der Waals surface area (Å²) >= 11 is 1.74. The first-order valence-corrected chi connectivity index (χ1v) is 15.0. The number of carbonyl (C=O) groups is 3. The maximum Gasteiger partial charge on any atom is 0.253 e. The number of unbranched alkanes of at least 4 members (excludes halogenated alkanes) is 2. The Kier molecular flexibility index (Phi) is 8.30. The van der Waals surface area contributed by atoms with Gasteiger partial charge in [-0.3, -0.25) is 19.3 Å². The number of imidazole rings is 1. The molecule has 39 heavy (non-hydrogen) atoms. The quantitative estimate of drug-likeness (QED) is 0.268. The molecule has 1 fully saturated rings. The third-order valence-electron chi connectivity index (χ3n) is 8.00. The number of amides is 3. The number of carbonyl (C=O) groups excluding carboxylic acids is 3. The fourth-order valence-electron chi connectivity index (χ4n) is 5.84. The third-order valence-corrected chi connectivity index (χ3v) is 9.05. The molecule has 1 saturated carbocycles. The second-order valence-corrected chi connectivity index (χ2v) is 12.1. The van der Waals surface area contributed by atoms with E-state index in [0.29, 0.717) is 18.9 Å². The normalized spacial score (nSPS) is 19.6. The molecule has 5 rings (SSSR count). The van der Waals surface area contributed by atoms with E-state index in [1.54, 1.807) is 11.3 Å². The van der Waals surface area contributed by atoms with E-state index >= 15 is 0 Å². The van der Waals surface area contributed by atoms with Gasteiger partial charge >= 0.3 is 0 Å². The van der Waals surface area contributed by atoms with E-state index < -0.39 is 0 Å². The molecule has 3 aromatic heterocycles. The lowest BCUT2D eigenvalue weighted by molar-refractivity contribution is -0.138. The molecule has 1 aliphatic carbocycles. The van der Waals surface area contributed by atoms with Crippen molar-refractivity contribution >= 4 is 56.1 Å². The fraction of sp³-hybridized carbons (Fsp3) is 0.552. The molecule has 0 spiro atoms. The van der Waals surface area contributed by atoms with E-state index in [1.807, 2.05) is 0 Å². The van der Waals surface area contributed by atoms with Crippen molar-refractivity contribution in [1.29, 1.82) is 0 Å². The first-order chi connectivity index (χ1) is 18.9. The van der Waals surface area contributed by atoms with Crippen molar-refractivity contribution < 1.29 is 14.4 Å². The van der Waals surface area contributed by atoms with Crippen LogP contribution in [0.1, 0.15) is 69.0 Å². The summed E-state index contributed by atoms with van der Waals surface area (Å²) in [5.74, 6) is 1.50. The zero-order valence-electron chi connectivity index (χ0n) is 22.9. The average molecular weight is 551 g/mol. The van der Waals surface area contributed by atoms with Gasteiger partial charge in [-0.2, -0.15) is 0 Å². The number of nitrogens with two attached hydrogens (primary N) is 1. The molecule has 0 atom stereocenters. The van der Waals surface area contributed by atoms with Crippen molar-refractivity contribution in [2.24, 2.45) is 11.8 Å². The lowest BCUT2D eigenvalue weighted by Gasteiger charge is -2.30. The lowest BCUT2D eigenvalue weighted by atomic mass is 9.81. The molecular weight excluding hydrogens is 512 g/mol. The van der Waals surface area contributed by atoms with Crippen LogP contribution < -0.4 is 11.1 Å². The van der Waals surface area contributed by atoms with Crippen molar-refractivity contribution in [3.8, 4) is 0 Å². The average Bonchev–Trinajstić information content (AvgIpc) is 3.58. The highest BCUT2D eigenvalue weighted by molar-refractivity contribution is 7.19. The van der Waals surface area contributed by atoms with Gasteiger partial charge in [0.1, 0.15) is 11.3 Å². The van der Waals surface area contributed by atoms with Gasteiger partial charge in [-0.25, -0.2) is 9.97 Å². The molecular formula is C29H38N6O3S. The molecule has 10 heteroatoms. The van der Waals surface area contributed by atoms with E-state index in [9.17, 15) is 14.4 Å². The van der Waals surface area contributed by atoms with Crippen molar-refractivity contribution in [1.82, 2.24) is 24.8 Å². The molecule has 0 saturated heterocycles. The van der Waals surface area contributed by atoms with Crippen LogP contribution in [-0.2, 0) is 27.3 Å². The van der Waals surface area contributed by atoms with Gasteiger partial charge in [0.25, 0.3) is 11.8 Å². The number of rotatable bonds is 11. The number of anilines is 1. The van der Waals surface area contributed by atoms with Gasteiger partial charge in [0.2, 0.25) is 5.91 Å². The number of nitrogens with one attached hydrogen (secondary N) is 1. The number of pyridine rings is 1. The number of nitrogen functional groups attached to an aromatic ring is 1. The fourth-order valence-corrected chi connectivity index (χ4v) is 6.84. The first-order valence-electron chi connectivity index (χ1n) is 14.2. The van der Waals surface area contributed by atoms with Crippen LogP contribution in [-0.4, -0.2) is 50.2 Å². The summed E-state index contributed by atoms with van der Waals surface area (Å²) in [5.41, 5.74) is 9.15. The summed E-state index contributed by atoms with van der Waals surface area (Å²) < 4.78 is 3.47. The Hall–Kier alpha value is -3.27. The van der Waals surface area contributed by atoms with Crippen molar-refractivity contribution in [2.75, 3.05) is 18.8 Å². The molecule has 4 heterocycles. The number of nitrogens with zero attached hydrogens (tertiary/aromatic N) is 4. The number of thiophene rings is 1. The van der Waals surface area contributed by atoms with Gasteiger partial charge < -0.3 is 15.6 Å². The Labute approximate surface area is 232 Å². The second-order valence-electron chi connectivity index (χ2n) is 10.9. The van der Waals surface area contributed by atoms with E-state index in [-0.39, 0.29) is 29.6 Å². The highest BCUT2D eigenvalue weighted by Crippen LogP contribution is 2.35. The molecule has 3 N–H and O–H groups in total. The minimum Gasteiger partial charge on any atom is -0.382 e. The molecule has 0 bridgehead atoms. The predicted molar refractivity (Wildman–Crippen MR) is 154 cm³/mol. The molecule has 3 amide bonds. The lowest BCUT2D eigenvalue weighted by Crippen LogP contribution is -2.38. The Bertz CT molecular complexity index is 1400. The van der Waals surface area contributed by atoms with Crippen LogP contribution in [0.5, 0.6) is 0 Å². The molecule has 0 unspecified atom stereocenters. The van der Waals surface area contributed by atoms with Gasteiger partial charge in [-0.15, -0.1) is 11.3 Å². The summed E-state index contributed by atoms with van der Waals surface area (Å²) in [4.78, 5) is 48.5. The molecule has 9 nitrogen and oxygen atoms in total. The van der Waals surface area contributed by atoms with Gasteiger partial charge in [-0.1, -0.05) is 13.3 Å². The summed E-state index contributed by atoms with van der Waals surface area (Å²) in [6.07, 6.45) is 10.9. The SMILES string of the molecule is CCCCc1nc2c(N)nc3cc(C)sc3c2n1CCCCNC(=O)C1CCC(CN2C(=O)C=CC2=O)CC1. The van der Waals surface area contributed by atoms with Crippen LogP contribution in [0, 0.1) is 18.8 Å². The zero-order valence-corrected chi connectivity index (χ0v) is 23.7. The standard InChI is InChI=1S/C29H38N6O3S/c1-3-4-7-22-33-25-26(27-21(32-28(25)30)16-18(2)39-27)34(22)15-6-5-14-31-29(38)20-10-8-19(9-11-20)17-35-23(36)12-13-24(35)37/h12-13,16,19-20H,3-11,14-15,17H2,1-2H3,(H2,30,32)(H,31,38). The maximum atomic E-state index is 12.8. The van der Waals surface area contributed by atoms with E-state index in [1.165, 1.54) is 21.9 Å². The number of hydrogen-bond donors (Lipinski definition) is 2. The van der Waals surface area contributed by atoms with Gasteiger partial charge in [0.15, 0.2) is 5.82 Å². The molecule has 0 aromatic carbocycles. The summed E-state index contributed by atoms with van der Waals surface area (Å²) in [6, 6.07) is 2.09. The van der Waals surface area contributed by atoms with Crippen molar-refractivity contribution in [3.63, 3.8) is 0 Å². The second kappa shape index (κ2) is 11.9. The summed E-state index contributed by atoms with van der Waals surface area (Å²) in [7, 11) is 0. The Morgan fingerprint density at radius 3 is 2.56 bits per heavy atom. The van der Waals surface area contributed by atoms with Gasteiger partial charge in [-0.05, 0) is 63.9 Å². The van der Waals surface area contributed by atoms with E-state index in [0.717, 1.165) is 91.4 Å². The molecule has 0 radical (unpaired) electrons. The van der Waals surface area contributed by atoms with Crippen LogP contribution in [0.4, 0.5) is 5.82 Å². The predicted octanol–water partition coefficient (Wildman–Crippen LogP) is 4.51. The Morgan fingerprint density at radius 1 is 1.10 bits per heavy atom. The van der Waals surface area contributed by atoms with Crippen LogP contribution >= 0.6 is 11.3 Å². The van der Waals surface area contributed by atoms with Crippen molar-refractivity contribution in [2.45, 2.75) is 78.2 Å². The van der Waals surface area contributed by atoms with Gasteiger partial charge in [0, 0.05) is 49.0 Å². The molecule has 2 aliphatic rings. The van der Waals surface area contributed by atoms with Crippen LogP contribution in [0.25, 0.3) is 21.3 Å². The maximum absolute atomic E-state index is 12.8. The minimum atomic E-state index is -0.226. The molecule has 1 aliphatic heterocycles. The first kappa shape index (κ1) is 27.3. The summed E-state index contributed by atoms with van der Waals surface area (Å²) in [6.45, 7) is 6.21. The Morgan fingerprint density at radius 2 is 1.85 bits per heavy atom. The largest absolute Gasteiger partial charge is 0.382 e. The summed E-state index contributed by atoms with van der Waals surface area (Å²) in [5, 5.41) is 3.14. The highest BCUT2D eigenvalue weighted by atomic mass is 32.1. The zero-order chi connectivity index (χ0) is 27.5. The number of aromatic nitrogens is 3. The molecule has 208 valence electrons. The van der Waals surface area contributed by atoms with E-state index in [2.05, 4.69) is 34.8 Å². The highest BCUT2D eigenvalue weighted by Gasteiger charge is 2.31. The smallest absolute Gasteiger partial charge is 0.253 e. The monoisotopic (exact) mass is 550 g/mol. The number of aryl methyl sites for hydroxylation is 3. The van der Waals surface area contributed by atoms with Crippen LogP contribution in [0.3, 0.4) is 0 Å². The minimum absolute atomic E-state index is 0.00780. The van der Waals surface area contributed by atoms with Crippen molar-refractivity contribution in [3.05, 3.63) is 28.9 Å². The number of fused-ring (bicyclic) bond motifs is 3. The number of imide groups is 1. The Balaban J connectivity index is 1.13. The van der Waals surface area contributed by atoms with E-state index in [4.69, 9.17) is 10.7 Å². The molecule has 3 aromatic rings. The topological polar surface area (TPSA) is 123 Å². The van der Waals surface area contributed by atoms with Gasteiger partial charge in [0.05, 0.1) is 15.7 Å².